The molecule has 7 nitrogen and oxygen atoms in total. The molecule has 1 aliphatic carbocycles. The molecule has 0 spiro atoms. The molecular weight excluding hydrogens is 350 g/mol. The molecule has 3 rings (SSSR count). The van der Waals surface area contributed by atoms with Crippen molar-refractivity contribution in [3.05, 3.63) is 47.9 Å². The number of carbonyl (C=O) groups excluding carboxylic acids is 1. The first kappa shape index (κ1) is 18.8. The molecule has 144 valence electrons. The van der Waals surface area contributed by atoms with Crippen molar-refractivity contribution in [2.24, 2.45) is 0 Å². The zero-order valence-corrected chi connectivity index (χ0v) is 15.4. The summed E-state index contributed by atoms with van der Waals surface area (Å²) in [5.74, 6) is 0.192. The fourth-order valence-electron chi connectivity index (χ4n) is 2.99. The Kier molecular flexibility index (Phi) is 5.69. The van der Waals surface area contributed by atoms with Crippen LogP contribution >= 0.6 is 0 Å². The van der Waals surface area contributed by atoms with Gasteiger partial charge in [0, 0.05) is 11.6 Å². The van der Waals surface area contributed by atoms with E-state index in [1.54, 1.807) is 24.5 Å². The molecule has 0 aliphatic heterocycles. The summed E-state index contributed by atoms with van der Waals surface area (Å²) in [6.45, 7) is 3.65. The summed E-state index contributed by atoms with van der Waals surface area (Å²) in [6.07, 6.45) is 3.53. The van der Waals surface area contributed by atoms with Gasteiger partial charge in [-0.1, -0.05) is 0 Å². The lowest BCUT2D eigenvalue weighted by Gasteiger charge is -2.28. The molecule has 7 heteroatoms. The lowest BCUT2D eigenvalue weighted by atomic mass is 10.1. The molecule has 27 heavy (non-hydrogen) atoms. The average molecular weight is 373 g/mol. The smallest absolute Gasteiger partial charge is 0.341 e. The standard InChI is InChI=1S/C20H23NO6/c1-3-25-18-11-14(6-9-17(18)27-12-19(22)23)20(24)21(15-7-8-15)13(2)16-5-4-10-26-16/h4-6,9-11,13,15H,3,7-8,12H2,1-2H3,(H,22,23). The van der Waals surface area contributed by atoms with E-state index >= 15 is 0 Å². The molecule has 1 atom stereocenters. The SMILES string of the molecule is CCOc1cc(C(=O)N(C2CC2)C(C)c2ccco2)ccc1OCC(=O)O. The first-order chi connectivity index (χ1) is 13.0. The Morgan fingerprint density at radius 1 is 1.26 bits per heavy atom. The van der Waals surface area contributed by atoms with Crippen LogP contribution in [0.2, 0.25) is 0 Å². The molecule has 1 N–H and O–H groups in total. The van der Waals surface area contributed by atoms with Crippen LogP contribution < -0.4 is 9.47 Å². The third kappa shape index (κ3) is 4.42. The summed E-state index contributed by atoms with van der Waals surface area (Å²) in [4.78, 5) is 25.8. The number of carboxylic acids is 1. The minimum atomic E-state index is -1.08. The fourth-order valence-corrected chi connectivity index (χ4v) is 2.99. The van der Waals surface area contributed by atoms with E-state index in [0.29, 0.717) is 23.7 Å². The number of nitrogens with zero attached hydrogens (tertiary/aromatic N) is 1. The predicted octanol–water partition coefficient (Wildman–Crippen LogP) is 3.51. The van der Waals surface area contributed by atoms with Crippen LogP contribution in [0.5, 0.6) is 11.5 Å². The van der Waals surface area contributed by atoms with E-state index in [0.717, 1.165) is 18.6 Å². The van der Waals surface area contributed by atoms with Crippen LogP contribution in [-0.4, -0.2) is 41.1 Å². The second kappa shape index (κ2) is 8.16. The Balaban J connectivity index is 1.85. The van der Waals surface area contributed by atoms with Crippen LogP contribution in [0.3, 0.4) is 0 Å². The minimum absolute atomic E-state index is 0.118. The molecule has 0 saturated heterocycles. The Morgan fingerprint density at radius 2 is 2.04 bits per heavy atom. The zero-order chi connectivity index (χ0) is 19.4. The van der Waals surface area contributed by atoms with Crippen LogP contribution in [0.4, 0.5) is 0 Å². The summed E-state index contributed by atoms with van der Waals surface area (Å²) >= 11 is 0. The van der Waals surface area contributed by atoms with Crippen molar-refractivity contribution in [2.75, 3.05) is 13.2 Å². The Bertz CT molecular complexity index is 797. The van der Waals surface area contributed by atoms with Crippen molar-refractivity contribution in [3.8, 4) is 11.5 Å². The second-order valence-corrected chi connectivity index (χ2v) is 6.41. The molecule has 1 fully saturated rings. The molecule has 1 unspecified atom stereocenters. The van der Waals surface area contributed by atoms with Gasteiger partial charge in [-0.05, 0) is 57.0 Å². The molecule has 1 aliphatic rings. The number of carboxylic acid groups (broad SMARTS) is 1. The lowest BCUT2D eigenvalue weighted by Crippen LogP contribution is -2.35. The number of hydrogen-bond acceptors (Lipinski definition) is 5. The van der Waals surface area contributed by atoms with Crippen LogP contribution in [0.25, 0.3) is 0 Å². The van der Waals surface area contributed by atoms with Crippen molar-refractivity contribution >= 4 is 11.9 Å². The van der Waals surface area contributed by atoms with Crippen molar-refractivity contribution in [2.45, 2.75) is 38.8 Å². The maximum Gasteiger partial charge on any atom is 0.341 e. The lowest BCUT2D eigenvalue weighted by molar-refractivity contribution is -0.139. The van der Waals surface area contributed by atoms with Crippen LogP contribution in [0.1, 0.15) is 48.8 Å². The molecule has 2 aromatic rings. The number of benzene rings is 1. The van der Waals surface area contributed by atoms with Gasteiger partial charge in [0.25, 0.3) is 5.91 Å². The maximum atomic E-state index is 13.2. The van der Waals surface area contributed by atoms with Gasteiger partial charge in [-0.15, -0.1) is 0 Å². The highest BCUT2D eigenvalue weighted by Gasteiger charge is 2.37. The third-order valence-electron chi connectivity index (χ3n) is 4.39. The summed E-state index contributed by atoms with van der Waals surface area (Å²) in [6, 6.07) is 8.49. The number of hydrogen-bond donors (Lipinski definition) is 1. The highest BCUT2D eigenvalue weighted by atomic mass is 16.5. The van der Waals surface area contributed by atoms with Crippen molar-refractivity contribution in [1.29, 1.82) is 0 Å². The van der Waals surface area contributed by atoms with E-state index in [9.17, 15) is 9.59 Å². The third-order valence-corrected chi connectivity index (χ3v) is 4.39. The summed E-state index contributed by atoms with van der Waals surface area (Å²) < 4.78 is 16.3. The number of carbonyl (C=O) groups is 2. The molecule has 1 heterocycles. The van der Waals surface area contributed by atoms with E-state index in [4.69, 9.17) is 19.0 Å². The van der Waals surface area contributed by atoms with Gasteiger partial charge >= 0.3 is 5.97 Å². The summed E-state index contributed by atoms with van der Waals surface area (Å²) in [5.41, 5.74) is 0.464. The molecule has 0 radical (unpaired) electrons. The first-order valence-corrected chi connectivity index (χ1v) is 8.98. The van der Waals surface area contributed by atoms with E-state index in [-0.39, 0.29) is 18.0 Å². The fraction of sp³-hybridized carbons (Fsp3) is 0.400. The van der Waals surface area contributed by atoms with E-state index in [2.05, 4.69) is 0 Å². The molecule has 1 aromatic heterocycles. The van der Waals surface area contributed by atoms with E-state index in [1.807, 2.05) is 30.9 Å². The quantitative estimate of drug-likeness (QED) is 0.723. The van der Waals surface area contributed by atoms with Gasteiger partial charge in [0.1, 0.15) is 5.76 Å². The van der Waals surface area contributed by atoms with Gasteiger partial charge < -0.3 is 23.9 Å². The van der Waals surface area contributed by atoms with Crippen molar-refractivity contribution < 1.29 is 28.6 Å². The van der Waals surface area contributed by atoms with Gasteiger partial charge in [0.2, 0.25) is 0 Å². The highest BCUT2D eigenvalue weighted by molar-refractivity contribution is 5.95. The van der Waals surface area contributed by atoms with Gasteiger partial charge in [0.05, 0.1) is 18.9 Å². The van der Waals surface area contributed by atoms with Crippen molar-refractivity contribution in [1.82, 2.24) is 4.90 Å². The number of amides is 1. The molecular formula is C20H23NO6. The Hall–Kier alpha value is -2.96. The van der Waals surface area contributed by atoms with Crippen LogP contribution in [-0.2, 0) is 4.79 Å². The van der Waals surface area contributed by atoms with Gasteiger partial charge in [0.15, 0.2) is 18.1 Å². The molecule has 0 bridgehead atoms. The van der Waals surface area contributed by atoms with Gasteiger partial charge in [-0.2, -0.15) is 0 Å². The largest absolute Gasteiger partial charge is 0.490 e. The first-order valence-electron chi connectivity index (χ1n) is 8.98. The maximum absolute atomic E-state index is 13.2. The van der Waals surface area contributed by atoms with Crippen LogP contribution in [0, 0.1) is 0 Å². The van der Waals surface area contributed by atoms with Gasteiger partial charge in [-0.3, -0.25) is 4.79 Å². The normalized spacial score (nSPS) is 14.4. The monoisotopic (exact) mass is 373 g/mol. The zero-order valence-electron chi connectivity index (χ0n) is 15.4. The topological polar surface area (TPSA) is 89.2 Å². The summed E-state index contributed by atoms with van der Waals surface area (Å²) in [5, 5.41) is 8.80. The minimum Gasteiger partial charge on any atom is -0.490 e. The number of rotatable bonds is 9. The average Bonchev–Trinajstić information content (AvgIpc) is 3.32. The molecule has 1 amide bonds. The Morgan fingerprint density at radius 3 is 2.63 bits per heavy atom. The Labute approximate surface area is 157 Å². The highest BCUT2D eigenvalue weighted by Crippen LogP contribution is 2.37. The van der Waals surface area contributed by atoms with Crippen LogP contribution in [0.15, 0.2) is 41.0 Å². The number of furan rings is 1. The van der Waals surface area contributed by atoms with Gasteiger partial charge in [-0.25, -0.2) is 4.79 Å². The van der Waals surface area contributed by atoms with E-state index in [1.165, 1.54) is 0 Å². The number of aliphatic carboxylic acids is 1. The van der Waals surface area contributed by atoms with Crippen molar-refractivity contribution in [3.63, 3.8) is 0 Å². The molecule has 1 saturated carbocycles. The predicted molar refractivity (Wildman–Crippen MR) is 97.1 cm³/mol. The summed E-state index contributed by atoms with van der Waals surface area (Å²) in [7, 11) is 0. The van der Waals surface area contributed by atoms with E-state index < -0.39 is 12.6 Å². The molecule has 1 aromatic carbocycles. The second-order valence-electron chi connectivity index (χ2n) is 6.41. The number of ether oxygens (including phenoxy) is 2.